The molecular weight excluding hydrogens is 198 g/mol. The van der Waals surface area contributed by atoms with Crippen molar-refractivity contribution >= 4 is 0 Å². The van der Waals surface area contributed by atoms with Gasteiger partial charge in [-0.2, -0.15) is 0 Å². The Kier molecular flexibility index (Phi) is 4.66. The average molecular weight is 225 g/mol. The van der Waals surface area contributed by atoms with Gasteiger partial charge in [-0.3, -0.25) is 0 Å². The van der Waals surface area contributed by atoms with Crippen molar-refractivity contribution in [3.8, 4) is 0 Å². The fourth-order valence-corrected chi connectivity index (χ4v) is 3.41. The van der Waals surface area contributed by atoms with Crippen LogP contribution < -0.4 is 5.32 Å². The molecule has 1 saturated heterocycles. The Balaban J connectivity index is 1.72. The van der Waals surface area contributed by atoms with Crippen LogP contribution in [0, 0.1) is 5.92 Å². The Labute approximate surface area is 100 Å². The highest BCUT2D eigenvalue weighted by Crippen LogP contribution is 2.32. The van der Waals surface area contributed by atoms with Crippen LogP contribution in [-0.4, -0.2) is 24.8 Å². The van der Waals surface area contributed by atoms with E-state index >= 15 is 0 Å². The minimum Gasteiger partial charge on any atom is -0.375 e. The molecule has 0 spiro atoms. The van der Waals surface area contributed by atoms with Gasteiger partial charge >= 0.3 is 0 Å². The van der Waals surface area contributed by atoms with E-state index in [1.165, 1.54) is 44.9 Å². The molecule has 1 N–H and O–H groups in total. The molecule has 0 aromatic rings. The largest absolute Gasteiger partial charge is 0.375 e. The Morgan fingerprint density at radius 3 is 2.75 bits per heavy atom. The van der Waals surface area contributed by atoms with Crippen molar-refractivity contribution < 1.29 is 4.74 Å². The summed E-state index contributed by atoms with van der Waals surface area (Å²) in [5.74, 6) is 0.910. The summed E-state index contributed by atoms with van der Waals surface area (Å²) >= 11 is 0. The van der Waals surface area contributed by atoms with Gasteiger partial charge in [0, 0.05) is 6.04 Å². The number of rotatable bonds is 4. The summed E-state index contributed by atoms with van der Waals surface area (Å²) in [7, 11) is 0. The van der Waals surface area contributed by atoms with Crippen molar-refractivity contribution in [1.29, 1.82) is 0 Å². The maximum absolute atomic E-state index is 5.94. The molecule has 1 saturated carbocycles. The lowest BCUT2D eigenvalue weighted by Crippen LogP contribution is -2.34. The van der Waals surface area contributed by atoms with Gasteiger partial charge in [0.25, 0.3) is 0 Å². The normalized spacial score (nSPS) is 40.1. The van der Waals surface area contributed by atoms with Crippen LogP contribution in [0.15, 0.2) is 0 Å². The highest BCUT2D eigenvalue weighted by molar-refractivity contribution is 4.81. The highest BCUT2D eigenvalue weighted by Gasteiger charge is 2.28. The Morgan fingerprint density at radius 1 is 1.19 bits per heavy atom. The lowest BCUT2D eigenvalue weighted by molar-refractivity contribution is 0.0354. The molecule has 94 valence electrons. The molecule has 1 aliphatic carbocycles. The van der Waals surface area contributed by atoms with Crippen molar-refractivity contribution in [2.24, 2.45) is 5.92 Å². The van der Waals surface area contributed by atoms with E-state index < -0.39 is 0 Å². The predicted octanol–water partition coefficient (Wildman–Crippen LogP) is 3.11. The van der Waals surface area contributed by atoms with Crippen molar-refractivity contribution in [1.82, 2.24) is 5.32 Å². The molecule has 1 heterocycles. The molecule has 2 rings (SSSR count). The third-order valence-electron chi connectivity index (χ3n) is 4.19. The highest BCUT2D eigenvalue weighted by atomic mass is 16.5. The molecule has 0 amide bonds. The monoisotopic (exact) mass is 225 g/mol. The van der Waals surface area contributed by atoms with Gasteiger partial charge in [-0.05, 0) is 51.5 Å². The minimum atomic E-state index is 0.512. The second-order valence-corrected chi connectivity index (χ2v) is 5.67. The van der Waals surface area contributed by atoms with E-state index in [2.05, 4.69) is 19.2 Å². The van der Waals surface area contributed by atoms with Gasteiger partial charge in [0.05, 0.1) is 12.2 Å². The quantitative estimate of drug-likeness (QED) is 0.794. The lowest BCUT2D eigenvalue weighted by Gasteiger charge is -2.31. The van der Waals surface area contributed by atoms with Gasteiger partial charge in [0.1, 0.15) is 0 Å². The number of nitrogens with one attached hydrogen (secondary N) is 1. The fraction of sp³-hybridized carbons (Fsp3) is 1.00. The van der Waals surface area contributed by atoms with Crippen LogP contribution in [0.4, 0.5) is 0 Å². The summed E-state index contributed by atoms with van der Waals surface area (Å²) in [6, 6.07) is 0.780. The van der Waals surface area contributed by atoms with E-state index in [0.717, 1.165) is 18.5 Å². The molecule has 0 radical (unpaired) electrons. The van der Waals surface area contributed by atoms with Gasteiger partial charge in [-0.25, -0.2) is 0 Å². The maximum Gasteiger partial charge on any atom is 0.0582 e. The third-order valence-corrected chi connectivity index (χ3v) is 4.19. The predicted molar refractivity (Wildman–Crippen MR) is 67.6 cm³/mol. The number of hydrogen-bond acceptors (Lipinski definition) is 2. The second kappa shape index (κ2) is 6.02. The Bertz CT molecular complexity index is 205. The Hall–Kier alpha value is -0.0800. The molecule has 2 nitrogen and oxygen atoms in total. The fourth-order valence-electron chi connectivity index (χ4n) is 3.41. The summed E-state index contributed by atoms with van der Waals surface area (Å²) in [6.07, 6.45) is 10.6. The molecule has 4 unspecified atom stereocenters. The smallest absolute Gasteiger partial charge is 0.0582 e. The first-order chi connectivity index (χ1) is 7.78. The first kappa shape index (κ1) is 12.4. The average Bonchev–Trinajstić information content (AvgIpc) is 2.65. The molecule has 2 heteroatoms. The SMILES string of the molecule is CCNC1CCCC(CC2CCC(C)O2)C1. The summed E-state index contributed by atoms with van der Waals surface area (Å²) in [4.78, 5) is 0. The molecule has 16 heavy (non-hydrogen) atoms. The standard InChI is InChI=1S/C14H27NO/c1-3-15-13-6-4-5-12(9-13)10-14-8-7-11(2)16-14/h11-15H,3-10H2,1-2H3. The second-order valence-electron chi connectivity index (χ2n) is 5.67. The van der Waals surface area contributed by atoms with Crippen molar-refractivity contribution in [2.45, 2.75) is 77.0 Å². The van der Waals surface area contributed by atoms with Crippen LogP contribution in [-0.2, 0) is 4.74 Å². The van der Waals surface area contributed by atoms with Crippen molar-refractivity contribution in [3.05, 3.63) is 0 Å². The molecule has 2 aliphatic rings. The summed E-state index contributed by atoms with van der Waals surface area (Å²) in [5, 5.41) is 3.61. The van der Waals surface area contributed by atoms with E-state index in [-0.39, 0.29) is 0 Å². The maximum atomic E-state index is 5.94. The molecule has 1 aliphatic heterocycles. The summed E-state index contributed by atoms with van der Waals surface area (Å²) in [5.41, 5.74) is 0. The zero-order valence-corrected chi connectivity index (χ0v) is 10.9. The molecule has 2 fully saturated rings. The first-order valence-corrected chi connectivity index (χ1v) is 7.16. The van der Waals surface area contributed by atoms with E-state index in [0.29, 0.717) is 12.2 Å². The van der Waals surface area contributed by atoms with Gasteiger partial charge in [0.15, 0.2) is 0 Å². The van der Waals surface area contributed by atoms with Crippen LogP contribution in [0.1, 0.15) is 58.8 Å². The van der Waals surface area contributed by atoms with E-state index in [4.69, 9.17) is 4.74 Å². The van der Waals surface area contributed by atoms with Crippen molar-refractivity contribution in [2.75, 3.05) is 6.54 Å². The van der Waals surface area contributed by atoms with Crippen molar-refractivity contribution in [3.63, 3.8) is 0 Å². The van der Waals surface area contributed by atoms with E-state index in [9.17, 15) is 0 Å². The van der Waals surface area contributed by atoms with Crippen LogP contribution in [0.25, 0.3) is 0 Å². The Morgan fingerprint density at radius 2 is 2.06 bits per heavy atom. The van der Waals surface area contributed by atoms with E-state index in [1.807, 2.05) is 0 Å². The van der Waals surface area contributed by atoms with Crippen LogP contribution in [0.5, 0.6) is 0 Å². The lowest BCUT2D eigenvalue weighted by atomic mass is 9.82. The molecule has 0 bridgehead atoms. The number of hydrogen-bond donors (Lipinski definition) is 1. The van der Waals surface area contributed by atoms with Gasteiger partial charge < -0.3 is 10.1 Å². The van der Waals surface area contributed by atoms with E-state index in [1.54, 1.807) is 0 Å². The zero-order chi connectivity index (χ0) is 11.4. The molecular formula is C14H27NO. The minimum absolute atomic E-state index is 0.512. The number of ether oxygens (including phenoxy) is 1. The zero-order valence-electron chi connectivity index (χ0n) is 10.9. The molecule has 0 aromatic carbocycles. The van der Waals surface area contributed by atoms with Gasteiger partial charge in [-0.15, -0.1) is 0 Å². The molecule has 0 aromatic heterocycles. The van der Waals surface area contributed by atoms with Crippen LogP contribution >= 0.6 is 0 Å². The van der Waals surface area contributed by atoms with Crippen LogP contribution in [0.2, 0.25) is 0 Å². The van der Waals surface area contributed by atoms with Gasteiger partial charge in [-0.1, -0.05) is 19.8 Å². The van der Waals surface area contributed by atoms with Crippen LogP contribution in [0.3, 0.4) is 0 Å². The summed E-state index contributed by atoms with van der Waals surface area (Å²) in [6.45, 7) is 5.54. The third kappa shape index (κ3) is 3.46. The first-order valence-electron chi connectivity index (χ1n) is 7.16. The topological polar surface area (TPSA) is 21.3 Å². The molecule has 4 atom stereocenters. The summed E-state index contributed by atoms with van der Waals surface area (Å²) < 4.78 is 5.94. The van der Waals surface area contributed by atoms with Gasteiger partial charge in [0.2, 0.25) is 0 Å².